The summed E-state index contributed by atoms with van der Waals surface area (Å²) in [7, 11) is 3.66. The van der Waals surface area contributed by atoms with Crippen LogP contribution in [0.3, 0.4) is 0 Å². The number of carbonyl (C=O) groups is 2. The smallest absolute Gasteiger partial charge is 0.313 e. The summed E-state index contributed by atoms with van der Waals surface area (Å²) < 4.78 is 6.80. The van der Waals surface area contributed by atoms with Gasteiger partial charge in [0.05, 0.1) is 13.2 Å². The highest BCUT2D eigenvalue weighted by molar-refractivity contribution is 6.39. The van der Waals surface area contributed by atoms with Gasteiger partial charge in [-0.15, -0.1) is 0 Å². The molecule has 0 bridgehead atoms. The van der Waals surface area contributed by atoms with E-state index < -0.39 is 11.8 Å². The third kappa shape index (κ3) is 7.59. The molecule has 2 aromatic rings. The van der Waals surface area contributed by atoms with Gasteiger partial charge < -0.3 is 20.3 Å². The van der Waals surface area contributed by atoms with Crippen LogP contribution >= 0.6 is 0 Å². The number of ether oxygens (including phenoxy) is 1. The Bertz CT molecular complexity index is 718. The topological polar surface area (TPSA) is 88.5 Å². The molecule has 27 heavy (non-hydrogen) atoms. The molecule has 0 atom stereocenters. The molecule has 0 aliphatic heterocycles. The van der Waals surface area contributed by atoms with Crippen molar-refractivity contribution in [2.75, 3.05) is 45.7 Å². The molecule has 1 heterocycles. The Morgan fingerprint density at radius 1 is 1.22 bits per heavy atom. The first-order chi connectivity index (χ1) is 13.1. The van der Waals surface area contributed by atoms with Crippen LogP contribution in [0.2, 0.25) is 0 Å². The monoisotopic (exact) mass is 373 g/mol. The van der Waals surface area contributed by atoms with Gasteiger partial charge in [-0.05, 0) is 43.8 Å². The summed E-state index contributed by atoms with van der Waals surface area (Å²) in [4.78, 5) is 26.1. The Kier molecular flexibility index (Phi) is 8.47. The molecule has 2 rings (SSSR count). The van der Waals surface area contributed by atoms with Gasteiger partial charge in [0.15, 0.2) is 0 Å². The molecule has 0 aliphatic rings. The van der Waals surface area contributed by atoms with Crippen molar-refractivity contribution in [3.8, 4) is 0 Å². The highest BCUT2D eigenvalue weighted by Crippen LogP contribution is 2.11. The molecule has 0 saturated heterocycles. The molecular formula is C19H27N5O3. The minimum absolute atomic E-state index is 0.447. The molecule has 0 aliphatic carbocycles. The molecule has 0 saturated carbocycles. The van der Waals surface area contributed by atoms with Gasteiger partial charge in [0.25, 0.3) is 0 Å². The van der Waals surface area contributed by atoms with Crippen molar-refractivity contribution in [1.29, 1.82) is 0 Å². The van der Waals surface area contributed by atoms with E-state index in [4.69, 9.17) is 4.74 Å². The Morgan fingerprint density at radius 2 is 2.07 bits per heavy atom. The van der Waals surface area contributed by atoms with E-state index in [1.165, 1.54) is 0 Å². The average Bonchev–Trinajstić information content (AvgIpc) is 3.16. The highest BCUT2D eigenvalue weighted by atomic mass is 16.5. The first kappa shape index (κ1) is 20.6. The molecule has 8 nitrogen and oxygen atoms in total. The SMILES string of the molecule is COCCN(C)CCCNC(=O)C(=O)Nc1cccc(Cn2cccn2)c1. The number of methoxy groups -OCH3 is 1. The minimum Gasteiger partial charge on any atom is -0.383 e. The van der Waals surface area contributed by atoms with Crippen molar-refractivity contribution >= 4 is 17.5 Å². The van der Waals surface area contributed by atoms with Gasteiger partial charge in [-0.2, -0.15) is 5.10 Å². The second-order valence-corrected chi connectivity index (χ2v) is 6.26. The first-order valence-electron chi connectivity index (χ1n) is 8.91. The van der Waals surface area contributed by atoms with Crippen LogP contribution in [-0.2, 0) is 20.9 Å². The van der Waals surface area contributed by atoms with Gasteiger partial charge in [0, 0.05) is 38.3 Å². The van der Waals surface area contributed by atoms with E-state index in [1.807, 2.05) is 37.5 Å². The van der Waals surface area contributed by atoms with E-state index in [0.29, 0.717) is 25.4 Å². The van der Waals surface area contributed by atoms with E-state index in [9.17, 15) is 9.59 Å². The zero-order valence-electron chi connectivity index (χ0n) is 15.9. The van der Waals surface area contributed by atoms with E-state index in [1.54, 1.807) is 24.1 Å². The maximum atomic E-state index is 12.0. The molecule has 0 fully saturated rings. The number of benzene rings is 1. The van der Waals surface area contributed by atoms with Crippen LogP contribution in [0.5, 0.6) is 0 Å². The molecular weight excluding hydrogens is 346 g/mol. The molecule has 0 spiro atoms. The Balaban J connectivity index is 1.73. The lowest BCUT2D eigenvalue weighted by atomic mass is 10.2. The van der Waals surface area contributed by atoms with Gasteiger partial charge in [-0.3, -0.25) is 14.3 Å². The number of aromatic nitrogens is 2. The lowest BCUT2D eigenvalue weighted by Crippen LogP contribution is -2.37. The first-order valence-corrected chi connectivity index (χ1v) is 8.91. The Hall–Kier alpha value is -2.71. The largest absolute Gasteiger partial charge is 0.383 e. The number of nitrogens with zero attached hydrogens (tertiary/aromatic N) is 3. The van der Waals surface area contributed by atoms with Gasteiger partial charge in [-0.1, -0.05) is 12.1 Å². The Morgan fingerprint density at radius 3 is 2.81 bits per heavy atom. The van der Waals surface area contributed by atoms with Crippen molar-refractivity contribution in [1.82, 2.24) is 20.0 Å². The lowest BCUT2D eigenvalue weighted by Gasteiger charge is -2.15. The fourth-order valence-corrected chi connectivity index (χ4v) is 2.51. The van der Waals surface area contributed by atoms with Crippen LogP contribution in [0.15, 0.2) is 42.7 Å². The van der Waals surface area contributed by atoms with Crippen LogP contribution < -0.4 is 10.6 Å². The maximum absolute atomic E-state index is 12.0. The van der Waals surface area contributed by atoms with E-state index in [0.717, 1.165) is 25.1 Å². The van der Waals surface area contributed by atoms with Crippen LogP contribution in [-0.4, -0.2) is 66.9 Å². The predicted molar refractivity (Wildman–Crippen MR) is 103 cm³/mol. The van der Waals surface area contributed by atoms with Crippen molar-refractivity contribution < 1.29 is 14.3 Å². The zero-order valence-corrected chi connectivity index (χ0v) is 15.9. The van der Waals surface area contributed by atoms with E-state index in [2.05, 4.69) is 20.6 Å². The number of carbonyl (C=O) groups excluding carboxylic acids is 2. The molecule has 8 heteroatoms. The summed E-state index contributed by atoms with van der Waals surface area (Å²) in [5.74, 6) is -1.30. The summed E-state index contributed by atoms with van der Waals surface area (Å²) in [6.45, 7) is 3.37. The molecule has 2 amide bonds. The van der Waals surface area contributed by atoms with Crippen LogP contribution in [0.4, 0.5) is 5.69 Å². The number of anilines is 1. The molecule has 1 aromatic carbocycles. The van der Waals surface area contributed by atoms with Gasteiger partial charge in [-0.25, -0.2) is 0 Å². The second-order valence-electron chi connectivity index (χ2n) is 6.26. The standard InChI is InChI=1S/C19H27N5O3/c1-23(12-13-27-2)10-4-8-20-18(25)19(26)22-17-7-3-6-16(14-17)15-24-11-5-9-21-24/h3,5-7,9,11,14H,4,8,10,12-13,15H2,1-2H3,(H,20,25)(H,22,26). The number of rotatable bonds is 10. The lowest BCUT2D eigenvalue weighted by molar-refractivity contribution is -0.136. The van der Waals surface area contributed by atoms with E-state index >= 15 is 0 Å². The Labute approximate surface area is 159 Å². The van der Waals surface area contributed by atoms with Crippen molar-refractivity contribution in [2.45, 2.75) is 13.0 Å². The molecule has 0 unspecified atom stereocenters. The van der Waals surface area contributed by atoms with Crippen LogP contribution in [0, 0.1) is 0 Å². The summed E-state index contributed by atoms with van der Waals surface area (Å²) in [6.07, 6.45) is 4.34. The van der Waals surface area contributed by atoms with Crippen LogP contribution in [0.1, 0.15) is 12.0 Å². The highest BCUT2D eigenvalue weighted by Gasteiger charge is 2.13. The summed E-state index contributed by atoms with van der Waals surface area (Å²) in [5, 5.41) is 9.43. The van der Waals surface area contributed by atoms with E-state index in [-0.39, 0.29) is 0 Å². The molecule has 2 N–H and O–H groups in total. The summed E-state index contributed by atoms with van der Waals surface area (Å²) >= 11 is 0. The number of hydrogen-bond donors (Lipinski definition) is 2. The minimum atomic E-state index is -0.668. The number of likely N-dealkylation sites (N-methyl/N-ethyl adjacent to an activating group) is 1. The second kappa shape index (κ2) is 11.1. The summed E-state index contributed by atoms with van der Waals surface area (Å²) in [5.41, 5.74) is 1.56. The van der Waals surface area contributed by atoms with Gasteiger partial charge in [0.2, 0.25) is 0 Å². The van der Waals surface area contributed by atoms with Crippen molar-refractivity contribution in [2.24, 2.45) is 0 Å². The van der Waals surface area contributed by atoms with Crippen molar-refractivity contribution in [3.05, 3.63) is 48.3 Å². The number of amides is 2. The molecule has 146 valence electrons. The zero-order chi connectivity index (χ0) is 19.5. The normalized spacial score (nSPS) is 10.8. The molecule has 0 radical (unpaired) electrons. The number of hydrogen-bond acceptors (Lipinski definition) is 5. The predicted octanol–water partition coefficient (Wildman–Crippen LogP) is 0.954. The van der Waals surface area contributed by atoms with Crippen molar-refractivity contribution in [3.63, 3.8) is 0 Å². The fraction of sp³-hybridized carbons (Fsp3) is 0.421. The maximum Gasteiger partial charge on any atom is 0.313 e. The quantitative estimate of drug-likeness (QED) is 0.478. The van der Waals surface area contributed by atoms with Gasteiger partial charge >= 0.3 is 11.8 Å². The summed E-state index contributed by atoms with van der Waals surface area (Å²) in [6, 6.07) is 9.21. The third-order valence-electron chi connectivity index (χ3n) is 3.97. The van der Waals surface area contributed by atoms with Gasteiger partial charge in [0.1, 0.15) is 0 Å². The third-order valence-corrected chi connectivity index (χ3v) is 3.97. The fourth-order valence-electron chi connectivity index (χ4n) is 2.51. The number of nitrogens with one attached hydrogen (secondary N) is 2. The average molecular weight is 373 g/mol. The molecule has 1 aromatic heterocycles. The van der Waals surface area contributed by atoms with Crippen LogP contribution in [0.25, 0.3) is 0 Å².